The van der Waals surface area contributed by atoms with E-state index in [-0.39, 0.29) is 12.2 Å². The highest BCUT2D eigenvalue weighted by atomic mass is 19.1. The Hall–Kier alpha value is -3.75. The van der Waals surface area contributed by atoms with Crippen LogP contribution in [0, 0.1) is 11.7 Å². The third-order valence-corrected chi connectivity index (χ3v) is 5.03. The van der Waals surface area contributed by atoms with Crippen LogP contribution in [0.15, 0.2) is 48.5 Å². The molecule has 3 rings (SSSR count). The lowest BCUT2D eigenvalue weighted by atomic mass is 9.92. The number of carbonyl (C=O) groups is 4. The summed E-state index contributed by atoms with van der Waals surface area (Å²) in [7, 11) is 0. The number of hydrogen-bond acceptors (Lipinski definition) is 7. The number of benzene rings is 2. The van der Waals surface area contributed by atoms with Crippen molar-refractivity contribution in [2.24, 2.45) is 5.92 Å². The lowest BCUT2D eigenvalue weighted by Gasteiger charge is -2.33. The number of amides is 1. The van der Waals surface area contributed by atoms with Crippen molar-refractivity contribution in [1.29, 1.82) is 0 Å². The van der Waals surface area contributed by atoms with Gasteiger partial charge in [-0.15, -0.1) is 0 Å². The minimum Gasteiger partial charge on any atom is -0.444 e. The molecule has 1 heterocycles. The highest BCUT2D eigenvalue weighted by Gasteiger charge is 2.49. The third kappa shape index (κ3) is 6.88. The fourth-order valence-electron chi connectivity index (χ4n) is 3.56. The zero-order valence-electron chi connectivity index (χ0n) is 20.2. The Morgan fingerprint density at radius 1 is 1.03 bits per heavy atom. The molecule has 9 heteroatoms. The van der Waals surface area contributed by atoms with E-state index in [1.807, 2.05) is 0 Å². The Bertz CT molecular complexity index is 1120. The minimum absolute atomic E-state index is 0.0397. The first kappa shape index (κ1) is 25.9. The summed E-state index contributed by atoms with van der Waals surface area (Å²) in [5, 5.41) is 2.46. The molecule has 1 aliphatic heterocycles. The molecule has 0 radical (unpaired) electrons. The predicted octanol–water partition coefficient (Wildman–Crippen LogP) is 3.95. The maximum atomic E-state index is 13.6. The average molecular weight is 486 g/mol. The topological polar surface area (TPSA) is 108 Å². The molecule has 1 aliphatic rings. The van der Waals surface area contributed by atoms with Crippen molar-refractivity contribution < 1.29 is 37.8 Å². The summed E-state index contributed by atoms with van der Waals surface area (Å²) < 4.78 is 28.9. The van der Waals surface area contributed by atoms with E-state index in [1.54, 1.807) is 57.2 Å². The number of carbonyl (C=O) groups excluding carboxylic acids is 4. The molecule has 2 aromatic rings. The van der Waals surface area contributed by atoms with Gasteiger partial charge in [0.15, 0.2) is 5.78 Å². The Morgan fingerprint density at radius 3 is 2.17 bits per heavy atom. The first-order valence-corrected chi connectivity index (χ1v) is 11.1. The van der Waals surface area contributed by atoms with E-state index in [0.717, 1.165) is 5.56 Å². The van der Waals surface area contributed by atoms with E-state index in [2.05, 4.69) is 5.32 Å². The number of cyclic esters (lactones) is 2. The average Bonchev–Trinajstić information content (AvgIpc) is 2.71. The number of alkyl carbamates (subject to hydrolysis) is 1. The third-order valence-electron chi connectivity index (χ3n) is 5.03. The summed E-state index contributed by atoms with van der Waals surface area (Å²) in [6.45, 7) is 7.73. The summed E-state index contributed by atoms with van der Waals surface area (Å²) >= 11 is 0. The fraction of sp³-hybridized carbons (Fsp3) is 0.385. The van der Waals surface area contributed by atoms with Crippen molar-refractivity contribution in [2.75, 3.05) is 0 Å². The molecule has 186 valence electrons. The second-order valence-corrected chi connectivity index (χ2v) is 9.69. The molecular formula is C26H28FNO7. The van der Waals surface area contributed by atoms with E-state index >= 15 is 0 Å². The Balaban J connectivity index is 1.84. The van der Waals surface area contributed by atoms with Crippen molar-refractivity contribution in [3.63, 3.8) is 0 Å². The van der Waals surface area contributed by atoms with Gasteiger partial charge in [0.05, 0.1) is 6.04 Å². The van der Waals surface area contributed by atoms with Crippen molar-refractivity contribution in [3.8, 4) is 11.1 Å². The highest BCUT2D eigenvalue weighted by Crippen LogP contribution is 2.26. The van der Waals surface area contributed by atoms with E-state index in [0.29, 0.717) is 11.1 Å². The number of hydrogen-bond donors (Lipinski definition) is 1. The van der Waals surface area contributed by atoms with Gasteiger partial charge < -0.3 is 19.5 Å². The molecule has 1 atom stereocenters. The van der Waals surface area contributed by atoms with Gasteiger partial charge in [-0.05, 0) is 56.0 Å². The molecule has 0 aromatic heterocycles. The molecule has 1 N–H and O–H groups in total. The normalized spacial score (nSPS) is 16.6. The quantitative estimate of drug-likeness (QED) is 0.488. The molecule has 0 aliphatic carbocycles. The van der Waals surface area contributed by atoms with Crippen LogP contribution in [0.1, 0.15) is 40.2 Å². The van der Waals surface area contributed by atoms with Crippen LogP contribution in [-0.4, -0.2) is 41.2 Å². The first-order valence-electron chi connectivity index (χ1n) is 11.1. The van der Waals surface area contributed by atoms with Crippen LogP contribution in [0.5, 0.6) is 0 Å². The van der Waals surface area contributed by atoms with E-state index in [4.69, 9.17) is 14.2 Å². The molecule has 35 heavy (non-hydrogen) atoms. The molecule has 2 aromatic carbocycles. The molecule has 8 nitrogen and oxygen atoms in total. The summed E-state index contributed by atoms with van der Waals surface area (Å²) in [4.78, 5) is 50.6. The van der Waals surface area contributed by atoms with Gasteiger partial charge in [-0.2, -0.15) is 0 Å². The van der Waals surface area contributed by atoms with Crippen molar-refractivity contribution in [1.82, 2.24) is 5.32 Å². The molecule has 1 saturated heterocycles. The number of rotatable bonds is 6. The van der Waals surface area contributed by atoms with Gasteiger partial charge in [0, 0.05) is 13.8 Å². The number of ether oxygens (including phenoxy) is 3. The first-order chi connectivity index (χ1) is 16.2. The van der Waals surface area contributed by atoms with Crippen LogP contribution in [0.25, 0.3) is 11.1 Å². The van der Waals surface area contributed by atoms with Crippen LogP contribution in [-0.2, 0) is 35.0 Å². The van der Waals surface area contributed by atoms with Gasteiger partial charge in [-0.1, -0.05) is 36.4 Å². The Kier molecular flexibility index (Phi) is 7.28. The van der Waals surface area contributed by atoms with Crippen LogP contribution < -0.4 is 5.32 Å². The molecule has 0 spiro atoms. The molecule has 1 unspecified atom stereocenters. The minimum atomic E-state index is -1.84. The zero-order valence-corrected chi connectivity index (χ0v) is 20.2. The van der Waals surface area contributed by atoms with Crippen molar-refractivity contribution in [3.05, 3.63) is 59.9 Å². The monoisotopic (exact) mass is 485 g/mol. The van der Waals surface area contributed by atoms with Crippen LogP contribution in [0.4, 0.5) is 9.18 Å². The largest absolute Gasteiger partial charge is 0.444 e. The molecular weight excluding hydrogens is 457 g/mol. The SMILES string of the molecule is CC(C)(C)OC(=O)NC(Cc1ccc(-c2cccc(F)c2)cc1)C(=O)C1C(=O)OC(C)(C)OC1=O. The number of ketones is 1. The van der Waals surface area contributed by atoms with Gasteiger partial charge in [-0.3, -0.25) is 14.4 Å². The van der Waals surface area contributed by atoms with Crippen molar-refractivity contribution >= 4 is 23.8 Å². The number of Topliss-reactive ketones (excluding diaryl/α,β-unsaturated/α-hetero) is 1. The maximum Gasteiger partial charge on any atom is 0.408 e. The van der Waals surface area contributed by atoms with E-state index in [1.165, 1.54) is 26.0 Å². The molecule has 1 fully saturated rings. The maximum absolute atomic E-state index is 13.6. The number of nitrogens with one attached hydrogen (secondary N) is 1. The van der Waals surface area contributed by atoms with Crippen LogP contribution >= 0.6 is 0 Å². The Morgan fingerprint density at radius 2 is 1.63 bits per heavy atom. The van der Waals surface area contributed by atoms with Crippen LogP contribution in [0.2, 0.25) is 0 Å². The lowest BCUT2D eigenvalue weighted by molar-refractivity contribution is -0.238. The molecule has 0 bridgehead atoms. The smallest absolute Gasteiger partial charge is 0.408 e. The molecule has 0 saturated carbocycles. The predicted molar refractivity (Wildman–Crippen MR) is 123 cm³/mol. The molecule has 1 amide bonds. The number of esters is 2. The Labute approximate surface area is 202 Å². The van der Waals surface area contributed by atoms with Crippen molar-refractivity contribution in [2.45, 2.75) is 58.5 Å². The summed E-state index contributed by atoms with van der Waals surface area (Å²) in [6.07, 6.45) is -0.924. The summed E-state index contributed by atoms with van der Waals surface area (Å²) in [5.41, 5.74) is 1.21. The summed E-state index contributed by atoms with van der Waals surface area (Å²) in [6, 6.07) is 11.7. The van der Waals surface area contributed by atoms with Gasteiger partial charge in [-0.25, -0.2) is 9.18 Å². The van der Waals surface area contributed by atoms with Gasteiger partial charge in [0.25, 0.3) is 5.79 Å². The van der Waals surface area contributed by atoms with Gasteiger partial charge in [0.1, 0.15) is 11.4 Å². The van der Waals surface area contributed by atoms with E-state index < -0.39 is 47.2 Å². The van der Waals surface area contributed by atoms with Crippen LogP contribution in [0.3, 0.4) is 0 Å². The highest BCUT2D eigenvalue weighted by molar-refractivity contribution is 6.17. The van der Waals surface area contributed by atoms with Gasteiger partial charge >= 0.3 is 18.0 Å². The second-order valence-electron chi connectivity index (χ2n) is 9.69. The fourth-order valence-corrected chi connectivity index (χ4v) is 3.56. The zero-order chi connectivity index (χ0) is 26.0. The summed E-state index contributed by atoms with van der Waals surface area (Å²) in [5.74, 6) is -6.67. The number of halogens is 1. The second kappa shape index (κ2) is 9.85. The van der Waals surface area contributed by atoms with E-state index in [9.17, 15) is 23.6 Å². The lowest BCUT2D eigenvalue weighted by Crippen LogP contribution is -2.55. The standard InChI is InChI=1S/C26H28FNO7/c1-25(2,3)35-24(32)28-19(21(29)20-22(30)33-26(4,5)34-23(20)31)13-15-9-11-16(12-10-15)17-7-6-8-18(27)14-17/h6-12,14,19-20H,13H2,1-5H3,(H,28,32). The van der Waals surface area contributed by atoms with Gasteiger partial charge in [0.2, 0.25) is 5.92 Å².